The summed E-state index contributed by atoms with van der Waals surface area (Å²) in [7, 11) is 3.97. The van der Waals surface area contributed by atoms with Gasteiger partial charge in [0.15, 0.2) is 5.96 Å². The first-order valence-electron chi connectivity index (χ1n) is 11.1. The summed E-state index contributed by atoms with van der Waals surface area (Å²) in [4.78, 5) is 6.71. The highest BCUT2D eigenvalue weighted by molar-refractivity contribution is 14.0. The van der Waals surface area contributed by atoms with E-state index in [1.54, 1.807) is 7.05 Å². The van der Waals surface area contributed by atoms with E-state index < -0.39 is 0 Å². The van der Waals surface area contributed by atoms with E-state index in [1.165, 1.54) is 11.1 Å². The average Bonchev–Trinajstić information content (AvgIpc) is 2.80. The van der Waals surface area contributed by atoms with Gasteiger partial charge in [0.25, 0.3) is 0 Å². The number of nitrogens with one attached hydrogen (secondary N) is 2. The monoisotopic (exact) mass is 552 g/mol. The molecule has 0 radical (unpaired) electrons. The fraction of sp³-hybridized carbons (Fsp3) is 0.480. The van der Waals surface area contributed by atoms with Gasteiger partial charge >= 0.3 is 0 Å². The van der Waals surface area contributed by atoms with Crippen LogP contribution in [0.4, 0.5) is 0 Å². The number of rotatable bonds is 9. The number of hydrogen-bond donors (Lipinski definition) is 2. The van der Waals surface area contributed by atoms with E-state index in [0.717, 1.165) is 56.4 Å². The van der Waals surface area contributed by atoms with E-state index in [9.17, 15) is 0 Å². The number of guanidine groups is 1. The molecule has 2 N–H and O–H groups in total. The molecule has 0 bridgehead atoms. The van der Waals surface area contributed by atoms with Gasteiger partial charge in [-0.15, -0.1) is 24.0 Å². The molecule has 0 spiro atoms. The summed E-state index contributed by atoms with van der Waals surface area (Å²) in [6.45, 7) is 6.88. The average molecular weight is 553 g/mol. The van der Waals surface area contributed by atoms with Crippen molar-refractivity contribution in [3.05, 3.63) is 65.2 Å². The van der Waals surface area contributed by atoms with Crippen molar-refractivity contribution < 1.29 is 9.47 Å². The third-order valence-electron chi connectivity index (χ3n) is 5.65. The Morgan fingerprint density at radius 1 is 1.06 bits per heavy atom. The molecule has 3 rings (SSSR count). The molecular formula is C25H37IN4O2. The summed E-state index contributed by atoms with van der Waals surface area (Å²) in [5.41, 5.74) is 3.66. The van der Waals surface area contributed by atoms with Crippen molar-refractivity contribution in [3.8, 4) is 5.75 Å². The molecule has 2 aromatic carbocycles. The third-order valence-corrected chi connectivity index (χ3v) is 5.65. The second-order valence-electron chi connectivity index (χ2n) is 8.09. The predicted octanol–water partition coefficient (Wildman–Crippen LogP) is 3.97. The first kappa shape index (κ1) is 26.4. The minimum absolute atomic E-state index is 0. The van der Waals surface area contributed by atoms with Crippen LogP contribution in [0.1, 0.15) is 29.5 Å². The van der Waals surface area contributed by atoms with Crippen LogP contribution < -0.4 is 15.4 Å². The smallest absolute Gasteiger partial charge is 0.191 e. The van der Waals surface area contributed by atoms with Crippen molar-refractivity contribution in [2.24, 2.45) is 4.99 Å². The molecule has 32 heavy (non-hydrogen) atoms. The van der Waals surface area contributed by atoms with Crippen molar-refractivity contribution in [2.75, 3.05) is 40.5 Å². The highest BCUT2D eigenvalue weighted by Gasteiger charge is 2.17. The molecule has 0 aliphatic carbocycles. The summed E-state index contributed by atoms with van der Waals surface area (Å²) in [6.07, 6.45) is 2.22. The molecule has 1 aliphatic heterocycles. The van der Waals surface area contributed by atoms with E-state index in [4.69, 9.17) is 9.47 Å². The first-order valence-corrected chi connectivity index (χ1v) is 11.1. The van der Waals surface area contributed by atoms with E-state index in [-0.39, 0.29) is 24.0 Å². The maximum absolute atomic E-state index is 6.01. The van der Waals surface area contributed by atoms with Crippen LogP contribution in [-0.2, 0) is 17.8 Å². The highest BCUT2D eigenvalue weighted by Crippen LogP contribution is 2.15. The molecule has 0 saturated carbocycles. The molecule has 0 amide bonds. The molecule has 0 unspecified atom stereocenters. The molecule has 0 aromatic heterocycles. The van der Waals surface area contributed by atoms with Gasteiger partial charge in [-0.2, -0.15) is 0 Å². The van der Waals surface area contributed by atoms with Crippen LogP contribution in [0.3, 0.4) is 0 Å². The number of benzene rings is 2. The summed E-state index contributed by atoms with van der Waals surface area (Å²) in [5, 5.41) is 6.75. The molecule has 7 heteroatoms. The fourth-order valence-electron chi connectivity index (χ4n) is 3.78. The maximum Gasteiger partial charge on any atom is 0.191 e. The van der Waals surface area contributed by atoms with E-state index in [0.29, 0.717) is 19.2 Å². The fourth-order valence-corrected chi connectivity index (χ4v) is 3.78. The van der Waals surface area contributed by atoms with Gasteiger partial charge in [0.05, 0.1) is 0 Å². The lowest BCUT2D eigenvalue weighted by atomic mass is 10.1. The number of likely N-dealkylation sites (N-methyl/N-ethyl adjacent to an activating group) is 1. The standard InChI is InChI=1S/C25H36N4O2.HI/c1-20-6-4-7-21(16-20)18-27-25(26-2)28-19-22-8-5-9-24(17-22)31-15-12-29(3)23-10-13-30-14-11-23;/h4-9,16-17,23H,10-15,18-19H2,1-3H3,(H2,26,27,28);1H. The lowest BCUT2D eigenvalue weighted by Gasteiger charge is -2.31. The van der Waals surface area contributed by atoms with E-state index >= 15 is 0 Å². The van der Waals surface area contributed by atoms with E-state index in [2.05, 4.69) is 70.9 Å². The van der Waals surface area contributed by atoms with Crippen LogP contribution in [0.2, 0.25) is 0 Å². The lowest BCUT2D eigenvalue weighted by molar-refractivity contribution is 0.0392. The zero-order valence-corrected chi connectivity index (χ0v) is 21.8. The van der Waals surface area contributed by atoms with Crippen LogP contribution in [0.15, 0.2) is 53.5 Å². The van der Waals surface area contributed by atoms with Gasteiger partial charge in [0.1, 0.15) is 12.4 Å². The van der Waals surface area contributed by atoms with Crippen LogP contribution in [-0.4, -0.2) is 57.4 Å². The molecule has 6 nitrogen and oxygen atoms in total. The predicted molar refractivity (Wildman–Crippen MR) is 142 cm³/mol. The van der Waals surface area contributed by atoms with Gasteiger partial charge in [0, 0.05) is 45.9 Å². The summed E-state index contributed by atoms with van der Waals surface area (Å²) < 4.78 is 11.5. The Morgan fingerprint density at radius 2 is 1.72 bits per heavy atom. The Morgan fingerprint density at radius 3 is 2.38 bits per heavy atom. The van der Waals surface area contributed by atoms with Crippen molar-refractivity contribution in [3.63, 3.8) is 0 Å². The normalized spacial score (nSPS) is 14.7. The quantitative estimate of drug-likeness (QED) is 0.280. The Hall–Kier alpha value is -1.84. The number of ether oxygens (including phenoxy) is 2. The van der Waals surface area contributed by atoms with Gasteiger partial charge in [-0.1, -0.05) is 42.0 Å². The van der Waals surface area contributed by atoms with Crippen LogP contribution in [0.5, 0.6) is 5.75 Å². The zero-order valence-electron chi connectivity index (χ0n) is 19.5. The molecule has 0 atom stereocenters. The Balaban J connectivity index is 0.00000363. The SMILES string of the molecule is CN=C(NCc1cccc(C)c1)NCc1cccc(OCCN(C)C2CCOCC2)c1.I. The van der Waals surface area contributed by atoms with Crippen molar-refractivity contribution in [1.29, 1.82) is 0 Å². The first-order chi connectivity index (χ1) is 15.1. The van der Waals surface area contributed by atoms with Gasteiger partial charge in [-0.25, -0.2) is 0 Å². The highest BCUT2D eigenvalue weighted by atomic mass is 127. The number of aryl methyl sites for hydroxylation is 1. The van der Waals surface area contributed by atoms with Gasteiger partial charge in [-0.3, -0.25) is 9.89 Å². The summed E-state index contributed by atoms with van der Waals surface area (Å²) >= 11 is 0. The summed E-state index contributed by atoms with van der Waals surface area (Å²) in [6, 6.07) is 17.3. The van der Waals surface area contributed by atoms with Crippen LogP contribution in [0.25, 0.3) is 0 Å². The molecule has 1 saturated heterocycles. The van der Waals surface area contributed by atoms with E-state index in [1.807, 2.05) is 12.1 Å². The minimum Gasteiger partial charge on any atom is -0.492 e. The van der Waals surface area contributed by atoms with Crippen molar-refractivity contribution >= 4 is 29.9 Å². The number of nitrogens with zero attached hydrogens (tertiary/aromatic N) is 2. The molecule has 1 heterocycles. The Bertz CT molecular complexity index is 840. The lowest BCUT2D eigenvalue weighted by Crippen LogP contribution is -2.38. The minimum atomic E-state index is 0. The van der Waals surface area contributed by atoms with Crippen LogP contribution in [0, 0.1) is 6.92 Å². The number of hydrogen-bond acceptors (Lipinski definition) is 4. The molecular weight excluding hydrogens is 515 g/mol. The van der Waals surface area contributed by atoms with Crippen molar-refractivity contribution in [1.82, 2.24) is 15.5 Å². The maximum atomic E-state index is 6.01. The summed E-state index contributed by atoms with van der Waals surface area (Å²) in [5.74, 6) is 1.69. The second kappa shape index (κ2) is 14.3. The topological polar surface area (TPSA) is 58.1 Å². The molecule has 1 aliphatic rings. The van der Waals surface area contributed by atoms with Gasteiger partial charge < -0.3 is 20.1 Å². The van der Waals surface area contributed by atoms with Gasteiger partial charge in [0.2, 0.25) is 0 Å². The molecule has 1 fully saturated rings. The van der Waals surface area contributed by atoms with Crippen molar-refractivity contribution in [2.45, 2.75) is 38.9 Å². The third kappa shape index (κ3) is 8.96. The Kier molecular flexibility index (Phi) is 11.8. The molecule has 2 aromatic rings. The largest absolute Gasteiger partial charge is 0.492 e. The number of halogens is 1. The van der Waals surface area contributed by atoms with Crippen LogP contribution >= 0.6 is 24.0 Å². The number of aliphatic imine (C=N–C) groups is 1. The zero-order chi connectivity index (χ0) is 21.9. The Labute approximate surface area is 209 Å². The second-order valence-corrected chi connectivity index (χ2v) is 8.09. The van der Waals surface area contributed by atoms with Gasteiger partial charge in [-0.05, 0) is 50.1 Å². The molecule has 176 valence electrons.